The fourth-order valence-corrected chi connectivity index (χ4v) is 3.75. The second-order valence-corrected chi connectivity index (χ2v) is 7.32. The Labute approximate surface area is 192 Å². The zero-order valence-corrected chi connectivity index (χ0v) is 18.6. The van der Waals surface area contributed by atoms with Crippen molar-refractivity contribution < 1.29 is 23.8 Å². The first kappa shape index (κ1) is 22.0. The number of nitrogens with one attached hydrogen (secondary N) is 1. The molecule has 0 radical (unpaired) electrons. The van der Waals surface area contributed by atoms with E-state index in [2.05, 4.69) is 5.32 Å². The minimum Gasteiger partial charge on any atom is -0.497 e. The van der Waals surface area contributed by atoms with E-state index in [9.17, 15) is 9.59 Å². The summed E-state index contributed by atoms with van der Waals surface area (Å²) in [6, 6.07) is 21.7. The zero-order valence-electron chi connectivity index (χ0n) is 18.6. The van der Waals surface area contributed by atoms with Crippen molar-refractivity contribution in [1.29, 1.82) is 0 Å². The van der Waals surface area contributed by atoms with E-state index in [0.29, 0.717) is 28.5 Å². The molecule has 0 aromatic heterocycles. The minimum atomic E-state index is -0.436. The molecule has 0 unspecified atom stereocenters. The molecule has 4 rings (SSSR count). The third kappa shape index (κ3) is 4.25. The predicted octanol–water partition coefficient (Wildman–Crippen LogP) is 4.10. The number of hydrogen-bond donors (Lipinski definition) is 1. The van der Waals surface area contributed by atoms with Gasteiger partial charge >= 0.3 is 0 Å². The van der Waals surface area contributed by atoms with E-state index in [1.54, 1.807) is 43.5 Å². The van der Waals surface area contributed by atoms with E-state index in [0.717, 1.165) is 5.56 Å². The first-order chi connectivity index (χ1) is 16.1. The molecule has 33 heavy (non-hydrogen) atoms. The van der Waals surface area contributed by atoms with Gasteiger partial charge in [-0.25, -0.2) is 0 Å². The predicted molar refractivity (Wildman–Crippen MR) is 125 cm³/mol. The molecule has 7 heteroatoms. The summed E-state index contributed by atoms with van der Waals surface area (Å²) in [5.74, 6) is 0.736. The van der Waals surface area contributed by atoms with E-state index in [1.807, 2.05) is 36.4 Å². The number of benzene rings is 3. The van der Waals surface area contributed by atoms with Gasteiger partial charge in [0.25, 0.3) is 11.8 Å². The number of ether oxygens (including phenoxy) is 3. The van der Waals surface area contributed by atoms with Crippen LogP contribution in [0.1, 0.15) is 11.1 Å². The van der Waals surface area contributed by atoms with E-state index < -0.39 is 11.8 Å². The number of nitrogens with zero attached hydrogens (tertiary/aromatic N) is 1. The topological polar surface area (TPSA) is 77.1 Å². The van der Waals surface area contributed by atoms with Crippen molar-refractivity contribution in [3.05, 3.63) is 89.6 Å². The second-order valence-electron chi connectivity index (χ2n) is 7.32. The van der Waals surface area contributed by atoms with Crippen molar-refractivity contribution in [2.75, 3.05) is 26.6 Å². The van der Waals surface area contributed by atoms with Gasteiger partial charge in [-0.2, -0.15) is 0 Å². The van der Waals surface area contributed by atoms with Crippen molar-refractivity contribution in [2.45, 2.75) is 6.54 Å². The van der Waals surface area contributed by atoms with Crippen LogP contribution in [0.25, 0.3) is 5.57 Å². The van der Waals surface area contributed by atoms with E-state index in [4.69, 9.17) is 14.2 Å². The number of para-hydroxylation sites is 1. The maximum atomic E-state index is 13.6. The highest BCUT2D eigenvalue weighted by atomic mass is 16.5. The van der Waals surface area contributed by atoms with E-state index in [-0.39, 0.29) is 17.8 Å². The highest BCUT2D eigenvalue weighted by molar-refractivity contribution is 6.37. The quantitative estimate of drug-likeness (QED) is 0.527. The highest BCUT2D eigenvalue weighted by Gasteiger charge is 2.40. The average molecular weight is 444 g/mol. The molecule has 1 N–H and O–H groups in total. The number of carbonyl (C=O) groups excluding carboxylic acids is 2. The maximum Gasteiger partial charge on any atom is 0.278 e. The fraction of sp³-hybridized carbons (Fsp3) is 0.154. The number of imide groups is 1. The Hall–Kier alpha value is -4.26. The monoisotopic (exact) mass is 444 g/mol. The molecule has 0 bridgehead atoms. The molecule has 0 atom stereocenters. The summed E-state index contributed by atoms with van der Waals surface area (Å²) in [6.45, 7) is 0.150. The summed E-state index contributed by atoms with van der Waals surface area (Å²) >= 11 is 0. The van der Waals surface area contributed by atoms with Gasteiger partial charge < -0.3 is 19.5 Å². The number of rotatable bonds is 8. The SMILES string of the molecule is COc1ccc(OC)c(NC2=C(c3ccccc3OC)C(=O)N(Cc3ccccc3)C2=O)c1. The fourth-order valence-electron chi connectivity index (χ4n) is 3.75. The van der Waals surface area contributed by atoms with Crippen molar-refractivity contribution in [3.8, 4) is 17.2 Å². The van der Waals surface area contributed by atoms with Gasteiger partial charge in [0.15, 0.2) is 0 Å². The van der Waals surface area contributed by atoms with Crippen LogP contribution in [0, 0.1) is 0 Å². The van der Waals surface area contributed by atoms with Crippen LogP contribution < -0.4 is 19.5 Å². The molecule has 3 aromatic carbocycles. The molecular weight excluding hydrogens is 420 g/mol. The Bertz CT molecular complexity index is 1220. The molecule has 168 valence electrons. The van der Waals surface area contributed by atoms with Crippen LogP contribution in [-0.2, 0) is 16.1 Å². The average Bonchev–Trinajstić information content (AvgIpc) is 3.08. The molecule has 2 amide bonds. The number of amides is 2. The lowest BCUT2D eigenvalue weighted by molar-refractivity contribution is -0.137. The van der Waals surface area contributed by atoms with Gasteiger partial charge in [0.1, 0.15) is 22.9 Å². The number of methoxy groups -OCH3 is 3. The van der Waals surface area contributed by atoms with Crippen LogP contribution in [0.2, 0.25) is 0 Å². The Balaban J connectivity index is 1.82. The molecule has 1 heterocycles. The van der Waals surface area contributed by atoms with Crippen molar-refractivity contribution in [1.82, 2.24) is 4.90 Å². The van der Waals surface area contributed by atoms with Gasteiger partial charge in [-0.3, -0.25) is 14.5 Å². The van der Waals surface area contributed by atoms with Crippen LogP contribution in [-0.4, -0.2) is 38.0 Å². The van der Waals surface area contributed by atoms with Crippen molar-refractivity contribution >= 4 is 23.1 Å². The first-order valence-corrected chi connectivity index (χ1v) is 10.3. The van der Waals surface area contributed by atoms with Crippen LogP contribution in [0.5, 0.6) is 17.2 Å². The number of anilines is 1. The smallest absolute Gasteiger partial charge is 0.278 e. The normalized spacial score (nSPS) is 13.4. The molecule has 0 fully saturated rings. The van der Waals surface area contributed by atoms with Gasteiger partial charge in [0.05, 0.1) is 39.1 Å². The molecule has 1 aliphatic heterocycles. The molecule has 0 saturated carbocycles. The lowest BCUT2D eigenvalue weighted by Gasteiger charge is -2.16. The highest BCUT2D eigenvalue weighted by Crippen LogP contribution is 2.38. The number of carbonyl (C=O) groups is 2. The first-order valence-electron chi connectivity index (χ1n) is 10.3. The summed E-state index contributed by atoms with van der Waals surface area (Å²) in [6.07, 6.45) is 0. The van der Waals surface area contributed by atoms with Gasteiger partial charge in [0, 0.05) is 11.6 Å². The molecular formula is C26H24N2O5. The van der Waals surface area contributed by atoms with Crippen LogP contribution in [0.15, 0.2) is 78.5 Å². The van der Waals surface area contributed by atoms with Crippen LogP contribution in [0.4, 0.5) is 5.69 Å². The van der Waals surface area contributed by atoms with E-state index >= 15 is 0 Å². The van der Waals surface area contributed by atoms with Gasteiger partial charge in [0.2, 0.25) is 0 Å². The lowest BCUT2D eigenvalue weighted by Crippen LogP contribution is -2.32. The summed E-state index contributed by atoms with van der Waals surface area (Å²) < 4.78 is 16.3. The van der Waals surface area contributed by atoms with Gasteiger partial charge in [-0.05, 0) is 23.8 Å². The summed E-state index contributed by atoms with van der Waals surface area (Å²) in [7, 11) is 4.61. The second kappa shape index (κ2) is 9.48. The maximum absolute atomic E-state index is 13.6. The summed E-state index contributed by atoms with van der Waals surface area (Å²) in [4.78, 5) is 28.3. The number of hydrogen-bond acceptors (Lipinski definition) is 6. The third-order valence-electron chi connectivity index (χ3n) is 5.39. The standard InChI is InChI=1S/C26H24N2O5/c1-31-18-13-14-22(33-3)20(15-18)27-24-23(19-11-7-8-12-21(19)32-2)25(29)28(26(24)30)16-17-9-5-4-6-10-17/h4-15,27H,16H2,1-3H3. The molecule has 7 nitrogen and oxygen atoms in total. The third-order valence-corrected chi connectivity index (χ3v) is 5.39. The Morgan fingerprint density at radius 1 is 0.758 bits per heavy atom. The van der Waals surface area contributed by atoms with Crippen molar-refractivity contribution in [2.24, 2.45) is 0 Å². The molecule has 0 aliphatic carbocycles. The Morgan fingerprint density at radius 2 is 1.45 bits per heavy atom. The van der Waals surface area contributed by atoms with Gasteiger partial charge in [-0.15, -0.1) is 0 Å². The minimum absolute atomic E-state index is 0.145. The van der Waals surface area contributed by atoms with Gasteiger partial charge in [-0.1, -0.05) is 48.5 Å². The molecule has 0 spiro atoms. The molecule has 1 aliphatic rings. The molecule has 0 saturated heterocycles. The Morgan fingerprint density at radius 3 is 2.15 bits per heavy atom. The largest absolute Gasteiger partial charge is 0.497 e. The van der Waals surface area contributed by atoms with Crippen molar-refractivity contribution in [3.63, 3.8) is 0 Å². The Kier molecular flexibility index (Phi) is 6.31. The van der Waals surface area contributed by atoms with Crippen LogP contribution in [0.3, 0.4) is 0 Å². The molecule has 3 aromatic rings. The van der Waals surface area contributed by atoms with E-state index in [1.165, 1.54) is 19.1 Å². The summed E-state index contributed by atoms with van der Waals surface area (Å²) in [5, 5.41) is 3.14. The summed E-state index contributed by atoms with van der Waals surface area (Å²) in [5.41, 5.74) is 2.25. The van der Waals surface area contributed by atoms with Crippen LogP contribution >= 0.6 is 0 Å². The zero-order chi connectivity index (χ0) is 23.4. The lowest BCUT2D eigenvalue weighted by atomic mass is 10.0.